The van der Waals surface area contributed by atoms with Crippen molar-refractivity contribution in [3.63, 3.8) is 0 Å². The molecule has 0 saturated carbocycles. The normalized spacial score (nSPS) is 13.9. The minimum atomic E-state index is -3.12. The van der Waals surface area contributed by atoms with E-state index in [1.54, 1.807) is 0 Å². The predicted molar refractivity (Wildman–Crippen MR) is 68.8 cm³/mol. The number of terminal acetylenes is 1. The van der Waals surface area contributed by atoms with Gasteiger partial charge in [0.2, 0.25) is 0 Å². The molecule has 3 nitrogen and oxygen atoms in total. The number of hydrogen-bond donors (Lipinski definition) is 0. The lowest BCUT2D eigenvalue weighted by atomic mass is 10.2. The topological polar surface area (TPSA) is 35.5 Å². The van der Waals surface area contributed by atoms with Crippen LogP contribution in [0.2, 0.25) is 0 Å². The summed E-state index contributed by atoms with van der Waals surface area (Å²) in [5, 5.41) is 0. The summed E-state index contributed by atoms with van der Waals surface area (Å²) in [6.45, 7) is 2.37. The fourth-order valence-electron chi connectivity index (χ4n) is 1.30. The van der Waals surface area contributed by atoms with E-state index in [0.717, 1.165) is 12.0 Å². The van der Waals surface area contributed by atoms with Gasteiger partial charge in [-0.05, 0) is 12.0 Å². The maximum absolute atomic E-state index is 12.4. The van der Waals surface area contributed by atoms with Crippen molar-refractivity contribution in [1.82, 2.24) is 0 Å². The van der Waals surface area contributed by atoms with Crippen LogP contribution in [-0.2, 0) is 19.8 Å². The Balaban J connectivity index is 2.70. The summed E-state index contributed by atoms with van der Waals surface area (Å²) in [4.78, 5) is 0. The van der Waals surface area contributed by atoms with Crippen LogP contribution in [0.5, 0.6) is 0 Å². The minimum absolute atomic E-state index is 0.00776. The van der Waals surface area contributed by atoms with E-state index in [4.69, 9.17) is 15.5 Å². The van der Waals surface area contributed by atoms with Gasteiger partial charge in [-0.15, -0.1) is 6.42 Å². The van der Waals surface area contributed by atoms with Gasteiger partial charge in [0.05, 0.1) is 12.8 Å². The molecule has 0 spiro atoms. The fraction of sp³-hybridized carbons (Fsp3) is 0.385. The van der Waals surface area contributed by atoms with E-state index in [9.17, 15) is 4.57 Å². The quantitative estimate of drug-likeness (QED) is 0.550. The van der Waals surface area contributed by atoms with E-state index in [1.807, 2.05) is 37.3 Å². The second-order valence-electron chi connectivity index (χ2n) is 3.57. The van der Waals surface area contributed by atoms with Crippen LogP contribution in [0.15, 0.2) is 30.3 Å². The summed E-state index contributed by atoms with van der Waals surface area (Å²) in [6, 6.07) is 9.47. The van der Waals surface area contributed by atoms with Gasteiger partial charge < -0.3 is 4.52 Å². The molecule has 17 heavy (non-hydrogen) atoms. The molecule has 1 aromatic rings. The van der Waals surface area contributed by atoms with Crippen molar-refractivity contribution < 1.29 is 13.6 Å². The summed E-state index contributed by atoms with van der Waals surface area (Å²) in [6.07, 6.45) is 6.16. The Hall–Kier alpha value is -1.07. The highest BCUT2D eigenvalue weighted by Gasteiger charge is 2.24. The van der Waals surface area contributed by atoms with Gasteiger partial charge in [0, 0.05) is 0 Å². The van der Waals surface area contributed by atoms with E-state index in [1.165, 1.54) is 0 Å². The van der Waals surface area contributed by atoms with Crippen molar-refractivity contribution in [2.75, 3.05) is 13.2 Å². The van der Waals surface area contributed by atoms with Crippen LogP contribution >= 0.6 is 7.60 Å². The Kier molecular flexibility index (Phi) is 6.00. The van der Waals surface area contributed by atoms with E-state index >= 15 is 0 Å². The highest BCUT2D eigenvalue weighted by molar-refractivity contribution is 7.53. The lowest BCUT2D eigenvalue weighted by Crippen LogP contribution is -2.00. The molecule has 0 aromatic heterocycles. The first kappa shape index (κ1) is 14.0. The Morgan fingerprint density at radius 1 is 1.29 bits per heavy atom. The number of benzene rings is 1. The zero-order valence-corrected chi connectivity index (χ0v) is 10.9. The van der Waals surface area contributed by atoms with Gasteiger partial charge >= 0.3 is 7.60 Å². The smallest absolute Gasteiger partial charge is 0.308 e. The van der Waals surface area contributed by atoms with Crippen molar-refractivity contribution in [3.05, 3.63) is 35.9 Å². The Morgan fingerprint density at radius 2 is 2.00 bits per heavy atom. The molecule has 1 rings (SSSR count). The molecule has 0 aliphatic carbocycles. The molecule has 0 amide bonds. The molecule has 0 radical (unpaired) electrons. The first-order valence-corrected chi connectivity index (χ1v) is 7.28. The predicted octanol–water partition coefficient (Wildman–Crippen LogP) is 3.46. The minimum Gasteiger partial charge on any atom is -0.308 e. The van der Waals surface area contributed by atoms with Crippen LogP contribution in [0.25, 0.3) is 0 Å². The maximum Gasteiger partial charge on any atom is 0.335 e. The summed E-state index contributed by atoms with van der Waals surface area (Å²) in [5.41, 5.74) is 0.920. The van der Waals surface area contributed by atoms with Gasteiger partial charge in [-0.1, -0.05) is 43.2 Å². The third-order valence-corrected chi connectivity index (χ3v) is 3.91. The molecule has 0 bridgehead atoms. The van der Waals surface area contributed by atoms with Crippen molar-refractivity contribution in [2.24, 2.45) is 0 Å². The van der Waals surface area contributed by atoms with Crippen LogP contribution in [0.4, 0.5) is 0 Å². The van der Waals surface area contributed by atoms with Gasteiger partial charge in [-0.3, -0.25) is 9.09 Å². The highest BCUT2D eigenvalue weighted by Crippen LogP contribution is 2.51. The standard InChI is InChI=1S/C13H17O3P/c1-3-10-15-17(14,16-11-4-2)12-13-8-6-5-7-9-13/h1,5-9H,4,10-12H2,2H3. The fourth-order valence-corrected chi connectivity index (χ4v) is 2.95. The molecule has 1 unspecified atom stereocenters. The SMILES string of the molecule is C#CCOP(=O)(Cc1ccccc1)OCCC. The second-order valence-corrected chi connectivity index (χ2v) is 5.62. The van der Waals surface area contributed by atoms with Gasteiger partial charge in [0.15, 0.2) is 0 Å². The number of hydrogen-bond acceptors (Lipinski definition) is 3. The van der Waals surface area contributed by atoms with Gasteiger partial charge in [-0.2, -0.15) is 0 Å². The molecular formula is C13H17O3P. The molecule has 4 heteroatoms. The lowest BCUT2D eigenvalue weighted by Gasteiger charge is -2.17. The Labute approximate surface area is 103 Å². The first-order chi connectivity index (χ1) is 8.20. The van der Waals surface area contributed by atoms with E-state index in [2.05, 4.69) is 5.92 Å². The maximum atomic E-state index is 12.4. The van der Waals surface area contributed by atoms with Crippen LogP contribution in [0.1, 0.15) is 18.9 Å². The monoisotopic (exact) mass is 252 g/mol. The van der Waals surface area contributed by atoms with Gasteiger partial charge in [0.25, 0.3) is 0 Å². The average Bonchev–Trinajstić information content (AvgIpc) is 2.35. The molecule has 0 fully saturated rings. The second kappa shape index (κ2) is 7.29. The van der Waals surface area contributed by atoms with E-state index < -0.39 is 7.60 Å². The third-order valence-electron chi connectivity index (χ3n) is 2.06. The van der Waals surface area contributed by atoms with Crippen LogP contribution < -0.4 is 0 Å². The zero-order chi connectivity index (χ0) is 12.6. The first-order valence-electron chi connectivity index (χ1n) is 5.55. The van der Waals surface area contributed by atoms with Crippen LogP contribution in [-0.4, -0.2) is 13.2 Å². The molecule has 1 aromatic carbocycles. The molecule has 92 valence electrons. The molecule has 0 saturated heterocycles. The average molecular weight is 252 g/mol. The van der Waals surface area contributed by atoms with Gasteiger partial charge in [-0.25, -0.2) is 0 Å². The van der Waals surface area contributed by atoms with Crippen LogP contribution in [0.3, 0.4) is 0 Å². The molecule has 0 heterocycles. The van der Waals surface area contributed by atoms with Crippen LogP contribution in [0, 0.1) is 12.3 Å². The molecule has 0 aliphatic heterocycles. The summed E-state index contributed by atoms with van der Waals surface area (Å²) in [5.74, 6) is 2.31. The van der Waals surface area contributed by atoms with E-state index in [-0.39, 0.29) is 12.8 Å². The summed E-state index contributed by atoms with van der Waals surface area (Å²) < 4.78 is 22.9. The van der Waals surface area contributed by atoms with E-state index in [0.29, 0.717) is 6.61 Å². The molecule has 0 aliphatic rings. The third kappa shape index (κ3) is 5.19. The molecule has 1 atom stereocenters. The highest BCUT2D eigenvalue weighted by atomic mass is 31.2. The number of rotatable bonds is 7. The van der Waals surface area contributed by atoms with Crippen molar-refractivity contribution in [2.45, 2.75) is 19.5 Å². The molecular weight excluding hydrogens is 235 g/mol. The molecule has 0 N–H and O–H groups in total. The lowest BCUT2D eigenvalue weighted by molar-refractivity contribution is 0.220. The van der Waals surface area contributed by atoms with Crippen molar-refractivity contribution >= 4 is 7.60 Å². The van der Waals surface area contributed by atoms with Crippen molar-refractivity contribution in [3.8, 4) is 12.3 Å². The summed E-state index contributed by atoms with van der Waals surface area (Å²) >= 11 is 0. The Morgan fingerprint density at radius 3 is 2.59 bits per heavy atom. The summed E-state index contributed by atoms with van der Waals surface area (Å²) in [7, 11) is -3.12. The van der Waals surface area contributed by atoms with Gasteiger partial charge in [0.1, 0.15) is 6.61 Å². The zero-order valence-electron chi connectivity index (χ0n) is 9.96. The van der Waals surface area contributed by atoms with Crippen molar-refractivity contribution in [1.29, 1.82) is 0 Å². The Bertz CT molecular complexity index is 408. The largest absolute Gasteiger partial charge is 0.335 e.